The third kappa shape index (κ3) is 3.73. The molecule has 116 valence electrons. The van der Waals surface area contributed by atoms with Gasteiger partial charge in [0.1, 0.15) is 0 Å². The lowest BCUT2D eigenvalue weighted by Crippen LogP contribution is -2.33. The highest BCUT2D eigenvalue weighted by molar-refractivity contribution is 5.90. The number of non-ortho nitro benzene ring substituents is 1. The average Bonchev–Trinajstić information content (AvgIpc) is 2.46. The van der Waals surface area contributed by atoms with E-state index in [1.807, 2.05) is 0 Å². The Morgan fingerprint density at radius 3 is 2.14 bits per heavy atom. The molecule has 0 aromatic heterocycles. The predicted octanol–water partition coefficient (Wildman–Crippen LogP) is 0.306. The summed E-state index contributed by atoms with van der Waals surface area (Å²) >= 11 is 0. The summed E-state index contributed by atoms with van der Waals surface area (Å²) in [6, 6.07) is 3.05. The van der Waals surface area contributed by atoms with Gasteiger partial charge in [0, 0.05) is 26.4 Å². The number of aliphatic hydroxyl groups excluding tert-OH is 2. The van der Waals surface area contributed by atoms with Crippen LogP contribution in [0.4, 0.5) is 5.69 Å². The molecule has 0 amide bonds. The first kappa shape index (κ1) is 17.0. The summed E-state index contributed by atoms with van der Waals surface area (Å²) in [6.45, 7) is 0. The maximum Gasteiger partial charge on any atom is 0.336 e. The molecular formula is C12H15NO8. The maximum atomic E-state index is 11.3. The van der Waals surface area contributed by atoms with Crippen LogP contribution in [0.15, 0.2) is 18.2 Å². The number of nitro groups is 1. The van der Waals surface area contributed by atoms with Crippen LogP contribution in [0.1, 0.15) is 21.8 Å². The molecule has 1 rings (SSSR count). The molecule has 0 aliphatic carbocycles. The molecule has 2 unspecified atom stereocenters. The molecule has 9 nitrogen and oxygen atoms in total. The number of carboxylic acids is 1. The molecule has 0 saturated carbocycles. The zero-order valence-corrected chi connectivity index (χ0v) is 11.3. The van der Waals surface area contributed by atoms with Gasteiger partial charge in [0.2, 0.25) is 0 Å². The zero-order valence-electron chi connectivity index (χ0n) is 11.3. The number of aliphatic hydroxyl groups is 2. The molecule has 1 aromatic carbocycles. The highest BCUT2D eigenvalue weighted by Crippen LogP contribution is 2.30. The van der Waals surface area contributed by atoms with Crippen LogP contribution in [0.3, 0.4) is 0 Å². The molecule has 3 N–H and O–H groups in total. The number of methoxy groups -OCH3 is 2. The quantitative estimate of drug-likeness (QED) is 0.371. The molecule has 0 fully saturated rings. The minimum atomic E-state index is -1.56. The number of benzene rings is 1. The van der Waals surface area contributed by atoms with E-state index in [4.69, 9.17) is 14.6 Å². The zero-order chi connectivity index (χ0) is 16.2. The fourth-order valence-corrected chi connectivity index (χ4v) is 1.87. The average molecular weight is 301 g/mol. The van der Waals surface area contributed by atoms with Crippen molar-refractivity contribution in [1.82, 2.24) is 0 Å². The highest BCUT2D eigenvalue weighted by Gasteiger charge is 2.33. The Bertz CT molecular complexity index is 522. The first-order chi connectivity index (χ1) is 9.83. The lowest BCUT2D eigenvalue weighted by atomic mass is 9.92. The van der Waals surface area contributed by atoms with Crippen LogP contribution in [0.5, 0.6) is 0 Å². The lowest BCUT2D eigenvalue weighted by molar-refractivity contribution is -0.384. The van der Waals surface area contributed by atoms with E-state index in [9.17, 15) is 25.1 Å². The Morgan fingerprint density at radius 2 is 1.76 bits per heavy atom. The Balaban J connectivity index is 3.43. The number of nitrogens with zero attached hydrogens (tertiary/aromatic N) is 1. The smallest absolute Gasteiger partial charge is 0.336 e. The number of aromatic carboxylic acids is 1. The van der Waals surface area contributed by atoms with Crippen molar-refractivity contribution >= 4 is 11.7 Å². The van der Waals surface area contributed by atoms with Crippen LogP contribution >= 0.6 is 0 Å². The summed E-state index contributed by atoms with van der Waals surface area (Å²) in [6.07, 6.45) is -3.11. The summed E-state index contributed by atoms with van der Waals surface area (Å²) in [5, 5.41) is 39.4. The summed E-state index contributed by atoms with van der Waals surface area (Å²) in [5.74, 6) is -2.68. The minimum Gasteiger partial charge on any atom is -0.478 e. The van der Waals surface area contributed by atoms with Crippen molar-refractivity contribution < 1.29 is 34.5 Å². The fourth-order valence-electron chi connectivity index (χ4n) is 1.87. The van der Waals surface area contributed by atoms with E-state index in [1.165, 1.54) is 0 Å². The Morgan fingerprint density at radius 1 is 1.24 bits per heavy atom. The summed E-state index contributed by atoms with van der Waals surface area (Å²) in [4.78, 5) is 21.2. The molecular weight excluding hydrogens is 286 g/mol. The van der Waals surface area contributed by atoms with E-state index in [2.05, 4.69) is 0 Å². The maximum absolute atomic E-state index is 11.3. The Kier molecular flexibility index (Phi) is 5.73. The first-order valence-electron chi connectivity index (χ1n) is 5.76. The van der Waals surface area contributed by atoms with Crippen LogP contribution in [0.2, 0.25) is 0 Å². The van der Waals surface area contributed by atoms with E-state index < -0.39 is 40.6 Å². The molecule has 0 bridgehead atoms. The van der Waals surface area contributed by atoms with Gasteiger partial charge in [0.05, 0.1) is 16.4 Å². The third-order valence-corrected chi connectivity index (χ3v) is 2.93. The summed E-state index contributed by atoms with van der Waals surface area (Å²) < 4.78 is 9.38. The molecule has 0 spiro atoms. The van der Waals surface area contributed by atoms with Crippen LogP contribution in [-0.4, -0.2) is 53.0 Å². The number of carbonyl (C=O) groups is 1. The molecule has 1 aromatic rings. The molecule has 0 aliphatic rings. The van der Waals surface area contributed by atoms with Gasteiger partial charge in [-0.3, -0.25) is 10.1 Å². The van der Waals surface area contributed by atoms with E-state index in [-0.39, 0.29) is 5.56 Å². The van der Waals surface area contributed by atoms with Gasteiger partial charge in [0.15, 0.2) is 12.6 Å². The topological polar surface area (TPSA) is 139 Å². The molecule has 21 heavy (non-hydrogen) atoms. The van der Waals surface area contributed by atoms with Crippen LogP contribution in [0.25, 0.3) is 0 Å². The van der Waals surface area contributed by atoms with Crippen molar-refractivity contribution in [2.75, 3.05) is 14.2 Å². The number of hydrogen-bond donors (Lipinski definition) is 3. The van der Waals surface area contributed by atoms with Gasteiger partial charge in [-0.2, -0.15) is 0 Å². The molecule has 0 aliphatic heterocycles. The SMILES string of the molecule is COC(O)C(c1ccc([N+](=O)[O-])cc1C(=O)O)C(O)OC. The summed E-state index contributed by atoms with van der Waals surface area (Å²) in [5.41, 5.74) is -0.896. The molecule has 9 heteroatoms. The second-order valence-electron chi connectivity index (χ2n) is 4.11. The van der Waals surface area contributed by atoms with Gasteiger partial charge >= 0.3 is 5.97 Å². The third-order valence-electron chi connectivity index (χ3n) is 2.93. The van der Waals surface area contributed by atoms with Crippen molar-refractivity contribution in [3.63, 3.8) is 0 Å². The predicted molar refractivity (Wildman–Crippen MR) is 68.8 cm³/mol. The highest BCUT2D eigenvalue weighted by atomic mass is 16.6. The van der Waals surface area contributed by atoms with Crippen molar-refractivity contribution in [3.8, 4) is 0 Å². The normalized spacial score (nSPS) is 15.2. The minimum absolute atomic E-state index is 0.0446. The van der Waals surface area contributed by atoms with Crippen molar-refractivity contribution in [1.29, 1.82) is 0 Å². The van der Waals surface area contributed by atoms with E-state index >= 15 is 0 Å². The standard InChI is InChI=1S/C12H15NO8/c1-20-11(16)9(12(17)21-2)7-4-3-6(13(18)19)5-8(7)10(14)15/h3-5,9,11-12,16-17H,1-2H3,(H,14,15). The van der Waals surface area contributed by atoms with Gasteiger partial charge in [-0.25, -0.2) is 4.79 Å². The molecule has 0 radical (unpaired) electrons. The fraction of sp³-hybridized carbons (Fsp3) is 0.417. The lowest BCUT2D eigenvalue weighted by Gasteiger charge is -2.26. The van der Waals surface area contributed by atoms with Crippen LogP contribution in [-0.2, 0) is 9.47 Å². The van der Waals surface area contributed by atoms with Gasteiger partial charge < -0.3 is 24.8 Å². The first-order valence-corrected chi connectivity index (χ1v) is 5.76. The molecule has 0 saturated heterocycles. The number of nitro benzene ring substituents is 1. The van der Waals surface area contributed by atoms with Gasteiger partial charge in [-0.05, 0) is 5.56 Å². The van der Waals surface area contributed by atoms with Crippen LogP contribution in [0, 0.1) is 10.1 Å². The number of hydrogen-bond acceptors (Lipinski definition) is 7. The van der Waals surface area contributed by atoms with Crippen molar-refractivity contribution in [2.45, 2.75) is 18.5 Å². The Hall–Kier alpha value is -2.07. The largest absolute Gasteiger partial charge is 0.478 e. The second-order valence-corrected chi connectivity index (χ2v) is 4.11. The van der Waals surface area contributed by atoms with Gasteiger partial charge in [-0.1, -0.05) is 6.07 Å². The van der Waals surface area contributed by atoms with Gasteiger partial charge in [-0.15, -0.1) is 0 Å². The molecule has 0 heterocycles. The van der Waals surface area contributed by atoms with Gasteiger partial charge in [0.25, 0.3) is 5.69 Å². The second kappa shape index (κ2) is 7.09. The van der Waals surface area contributed by atoms with Crippen LogP contribution < -0.4 is 0 Å². The summed E-state index contributed by atoms with van der Waals surface area (Å²) in [7, 11) is 2.32. The van der Waals surface area contributed by atoms with E-state index in [1.54, 1.807) is 0 Å². The van der Waals surface area contributed by atoms with E-state index in [0.29, 0.717) is 0 Å². The van der Waals surface area contributed by atoms with E-state index in [0.717, 1.165) is 32.4 Å². The molecule has 2 atom stereocenters. The number of carboxylic acid groups (broad SMARTS) is 1. The number of rotatable bonds is 7. The number of ether oxygens (including phenoxy) is 2. The van der Waals surface area contributed by atoms with Crippen molar-refractivity contribution in [3.05, 3.63) is 39.4 Å². The van der Waals surface area contributed by atoms with Crippen molar-refractivity contribution in [2.24, 2.45) is 0 Å². The monoisotopic (exact) mass is 301 g/mol. The Labute approximate surface area is 119 Å².